The number of halogens is 3. The number of hydrogen-bond acceptors (Lipinski definition) is 8. The Labute approximate surface area is 246 Å². The van der Waals surface area contributed by atoms with Crippen molar-refractivity contribution in [2.75, 3.05) is 18.6 Å². The van der Waals surface area contributed by atoms with Gasteiger partial charge >= 0.3 is 0 Å². The number of ether oxygens (including phenoxy) is 2. The summed E-state index contributed by atoms with van der Waals surface area (Å²) in [5.41, 5.74) is 1.17. The summed E-state index contributed by atoms with van der Waals surface area (Å²) in [5, 5.41) is 41.2. The number of hydrogen-bond donors (Lipinski definition) is 3. The molecule has 1 saturated carbocycles. The van der Waals surface area contributed by atoms with Gasteiger partial charge in [0, 0.05) is 28.4 Å². The minimum atomic E-state index is -1.34. The molecular weight excluding hydrogens is 578 g/mol. The largest absolute Gasteiger partial charge is 0.394 e. The molecule has 3 N–H and O–H groups in total. The normalized spacial score (nSPS) is 28.4. The average Bonchev–Trinajstić information content (AvgIpc) is 3.43. The van der Waals surface area contributed by atoms with Gasteiger partial charge in [-0.2, -0.15) is 0 Å². The minimum Gasteiger partial charge on any atom is -0.394 e. The summed E-state index contributed by atoms with van der Waals surface area (Å²) < 4.78 is 26.9. The van der Waals surface area contributed by atoms with Crippen molar-refractivity contribution >= 4 is 34.8 Å². The molecule has 2 aromatic carbocycles. The van der Waals surface area contributed by atoms with Gasteiger partial charge in [-0.15, -0.1) is 5.10 Å². The lowest BCUT2D eigenvalue weighted by molar-refractivity contribution is -0.211. The Bertz CT molecular complexity index is 1360. The Balaban J connectivity index is 1.54. The number of benzene rings is 2. The number of nitrogens with zero attached hydrogens (tertiary/aromatic N) is 4. The number of amides is 1. The molecular formula is C28H31Cl2FN4O6. The van der Waals surface area contributed by atoms with E-state index in [0.29, 0.717) is 39.8 Å². The van der Waals surface area contributed by atoms with E-state index >= 15 is 0 Å². The van der Waals surface area contributed by atoms with E-state index in [1.165, 1.54) is 47.2 Å². The third-order valence-corrected chi connectivity index (χ3v) is 8.14. The second-order valence-corrected chi connectivity index (χ2v) is 11.2. The molecule has 2 fully saturated rings. The quantitative estimate of drug-likeness (QED) is 0.372. The van der Waals surface area contributed by atoms with Crippen LogP contribution in [-0.2, 0) is 14.3 Å². The molecule has 10 nitrogen and oxygen atoms in total. The summed E-state index contributed by atoms with van der Waals surface area (Å²) in [5.74, 6) is -1.02. The second kappa shape index (κ2) is 12.7. The predicted octanol–water partition coefficient (Wildman–Crippen LogP) is 3.40. The second-order valence-electron chi connectivity index (χ2n) is 10.3. The van der Waals surface area contributed by atoms with Gasteiger partial charge in [0.15, 0.2) is 6.10 Å². The first kappa shape index (κ1) is 29.8. The van der Waals surface area contributed by atoms with Crippen LogP contribution in [0.1, 0.15) is 31.7 Å². The molecule has 2 aliphatic rings. The topological polar surface area (TPSA) is 130 Å². The van der Waals surface area contributed by atoms with Crippen LogP contribution in [0.15, 0.2) is 48.7 Å². The fourth-order valence-corrected chi connectivity index (χ4v) is 6.27. The Hall–Kier alpha value is -2.64. The highest BCUT2D eigenvalue weighted by molar-refractivity contribution is 6.35. The molecule has 2 heterocycles. The van der Waals surface area contributed by atoms with Gasteiger partial charge in [0.05, 0.1) is 24.9 Å². The van der Waals surface area contributed by atoms with Crippen LogP contribution < -0.4 is 4.90 Å². The molecule has 13 heteroatoms. The van der Waals surface area contributed by atoms with Crippen LogP contribution in [-0.4, -0.2) is 86.5 Å². The number of carbonyl (C=O) groups is 1. The highest BCUT2D eigenvalue weighted by Crippen LogP contribution is 2.37. The van der Waals surface area contributed by atoms with Crippen molar-refractivity contribution < 1.29 is 34.0 Å². The van der Waals surface area contributed by atoms with Gasteiger partial charge in [-0.3, -0.25) is 4.79 Å². The number of aliphatic hydroxyl groups excluding tert-OH is 3. The molecule has 5 unspecified atom stereocenters. The Kier molecular flexibility index (Phi) is 9.24. The highest BCUT2D eigenvalue weighted by Gasteiger charge is 2.52. The summed E-state index contributed by atoms with van der Waals surface area (Å²) in [6.07, 6.45) is -1.61. The fourth-order valence-electron chi connectivity index (χ4n) is 5.75. The van der Waals surface area contributed by atoms with Gasteiger partial charge in [-0.1, -0.05) is 53.4 Å². The maximum atomic E-state index is 14.4. The maximum absolute atomic E-state index is 14.4. The molecule has 1 aliphatic carbocycles. The molecule has 1 saturated heterocycles. The summed E-state index contributed by atoms with van der Waals surface area (Å²) in [4.78, 5) is 15.8. The third kappa shape index (κ3) is 6.12. The zero-order chi connectivity index (χ0) is 29.3. The monoisotopic (exact) mass is 608 g/mol. The van der Waals surface area contributed by atoms with Crippen LogP contribution in [0, 0.1) is 5.82 Å². The maximum Gasteiger partial charge on any atom is 0.259 e. The molecule has 1 aromatic heterocycles. The van der Waals surface area contributed by atoms with Crippen molar-refractivity contribution in [1.82, 2.24) is 15.0 Å². The van der Waals surface area contributed by atoms with Gasteiger partial charge in [-0.05, 0) is 43.2 Å². The first-order valence-electron chi connectivity index (χ1n) is 13.3. The number of carbonyl (C=O) groups excluding carboxylic acids is 1. The fraction of sp³-hybridized carbons (Fsp3) is 0.464. The standard InChI is InChI=1S/C28H31Cl2FN4O6/c1-40-26-24(34-13-20(32-33-34)15-5-4-6-18(31)9-15)25(38)23(14-36)41-27(26)28(39)35(21-7-2-3-8-22(21)37)19-11-16(29)10-17(30)12-19/h4-6,9-13,21-27,36-38H,2-3,7-8,14H2,1H3/t21-,22-,23?,24?,25?,26?,27?/m0/s1. The predicted molar refractivity (Wildman–Crippen MR) is 149 cm³/mol. The molecule has 5 rings (SSSR count). The zero-order valence-electron chi connectivity index (χ0n) is 22.2. The number of rotatable bonds is 7. The van der Waals surface area contributed by atoms with Crippen molar-refractivity contribution in [2.45, 2.75) is 68.3 Å². The van der Waals surface area contributed by atoms with E-state index in [9.17, 15) is 24.5 Å². The highest BCUT2D eigenvalue weighted by atomic mass is 35.5. The van der Waals surface area contributed by atoms with Crippen LogP contribution in [0.25, 0.3) is 11.3 Å². The van der Waals surface area contributed by atoms with Crippen LogP contribution in [0.5, 0.6) is 0 Å². The van der Waals surface area contributed by atoms with Crippen molar-refractivity contribution in [2.24, 2.45) is 0 Å². The molecule has 220 valence electrons. The molecule has 1 amide bonds. The third-order valence-electron chi connectivity index (χ3n) is 7.71. The van der Waals surface area contributed by atoms with E-state index < -0.39 is 60.9 Å². The van der Waals surface area contributed by atoms with Crippen LogP contribution >= 0.6 is 23.2 Å². The van der Waals surface area contributed by atoms with E-state index in [4.69, 9.17) is 32.7 Å². The summed E-state index contributed by atoms with van der Waals surface area (Å²) >= 11 is 12.6. The molecule has 1 aliphatic heterocycles. The first-order valence-corrected chi connectivity index (χ1v) is 14.1. The lowest BCUT2D eigenvalue weighted by Gasteiger charge is -2.46. The first-order chi connectivity index (χ1) is 19.7. The van der Waals surface area contributed by atoms with E-state index in [1.807, 2.05) is 0 Å². The number of aromatic nitrogens is 3. The Morgan fingerprint density at radius 3 is 2.56 bits per heavy atom. The molecule has 0 bridgehead atoms. The van der Waals surface area contributed by atoms with Gasteiger partial charge in [-0.25, -0.2) is 9.07 Å². The Morgan fingerprint density at radius 1 is 1.17 bits per heavy atom. The lowest BCUT2D eigenvalue weighted by Crippen LogP contribution is -2.63. The number of aliphatic hydroxyl groups is 3. The Morgan fingerprint density at radius 2 is 1.90 bits per heavy atom. The smallest absolute Gasteiger partial charge is 0.259 e. The summed E-state index contributed by atoms with van der Waals surface area (Å²) in [6.45, 7) is -0.599. The number of anilines is 1. The van der Waals surface area contributed by atoms with Gasteiger partial charge in [0.2, 0.25) is 0 Å². The van der Waals surface area contributed by atoms with Gasteiger partial charge in [0.25, 0.3) is 5.91 Å². The van der Waals surface area contributed by atoms with E-state index in [0.717, 1.165) is 12.8 Å². The van der Waals surface area contributed by atoms with E-state index in [2.05, 4.69) is 10.3 Å². The molecule has 3 aromatic rings. The van der Waals surface area contributed by atoms with Crippen molar-refractivity contribution in [1.29, 1.82) is 0 Å². The number of methoxy groups -OCH3 is 1. The van der Waals surface area contributed by atoms with Crippen LogP contribution in [0.3, 0.4) is 0 Å². The SMILES string of the molecule is COC1C(C(=O)N(c2cc(Cl)cc(Cl)c2)[C@H]2CCCC[C@@H]2O)OC(CO)C(O)C1n1cc(-c2cccc(F)c2)nn1. The van der Waals surface area contributed by atoms with Gasteiger partial charge < -0.3 is 29.7 Å². The van der Waals surface area contributed by atoms with Crippen molar-refractivity contribution in [3.63, 3.8) is 0 Å². The van der Waals surface area contributed by atoms with E-state index in [-0.39, 0.29) is 0 Å². The van der Waals surface area contributed by atoms with E-state index in [1.54, 1.807) is 18.2 Å². The molecule has 0 spiro atoms. The molecule has 41 heavy (non-hydrogen) atoms. The van der Waals surface area contributed by atoms with Gasteiger partial charge in [0.1, 0.15) is 35.9 Å². The van der Waals surface area contributed by atoms with Crippen molar-refractivity contribution in [3.8, 4) is 11.3 Å². The van der Waals surface area contributed by atoms with Crippen LogP contribution in [0.2, 0.25) is 10.0 Å². The zero-order valence-corrected chi connectivity index (χ0v) is 23.7. The molecule has 7 atom stereocenters. The lowest BCUT2D eigenvalue weighted by atomic mass is 9.88. The van der Waals surface area contributed by atoms with Crippen LogP contribution in [0.4, 0.5) is 10.1 Å². The summed E-state index contributed by atoms with van der Waals surface area (Å²) in [6, 6.07) is 8.89. The summed E-state index contributed by atoms with van der Waals surface area (Å²) in [7, 11) is 1.37. The molecule has 0 radical (unpaired) electrons. The minimum absolute atomic E-state index is 0.303. The van der Waals surface area contributed by atoms with Crippen molar-refractivity contribution in [3.05, 3.63) is 64.5 Å². The average molecular weight is 609 g/mol.